The molecule has 39 heavy (non-hydrogen) atoms. The third kappa shape index (κ3) is 5.73. The molecule has 0 saturated heterocycles. The van der Waals surface area contributed by atoms with Crippen molar-refractivity contribution in [2.45, 2.75) is 38.5 Å². The Balaban J connectivity index is 1.25. The summed E-state index contributed by atoms with van der Waals surface area (Å²) in [5, 5.41) is 0. The van der Waals surface area contributed by atoms with Crippen LogP contribution in [0, 0.1) is 12.8 Å². The van der Waals surface area contributed by atoms with Gasteiger partial charge in [0.1, 0.15) is 17.2 Å². The van der Waals surface area contributed by atoms with Gasteiger partial charge in [0.25, 0.3) is 0 Å². The van der Waals surface area contributed by atoms with Gasteiger partial charge in [-0.3, -0.25) is 0 Å². The van der Waals surface area contributed by atoms with Crippen LogP contribution in [0.15, 0.2) is 97.1 Å². The smallest absolute Gasteiger partial charge is 0.343 e. The fraction of sp³-hybridized carbons (Fsp3) is 0.235. The minimum atomic E-state index is -0.431. The van der Waals surface area contributed by atoms with Gasteiger partial charge in [-0.05, 0) is 104 Å². The van der Waals surface area contributed by atoms with Crippen LogP contribution in [0.3, 0.4) is 0 Å². The van der Waals surface area contributed by atoms with Crippen molar-refractivity contribution in [1.29, 1.82) is 0 Å². The number of methoxy groups -OCH3 is 1. The summed E-state index contributed by atoms with van der Waals surface area (Å²) >= 11 is 0. The van der Waals surface area contributed by atoms with Crippen LogP contribution in [0.1, 0.15) is 63.6 Å². The quantitative estimate of drug-likeness (QED) is 0.183. The first-order chi connectivity index (χ1) is 18.9. The van der Waals surface area contributed by atoms with Crippen LogP contribution in [0.4, 0.5) is 0 Å². The van der Waals surface area contributed by atoms with Crippen molar-refractivity contribution < 1.29 is 23.8 Å². The molecule has 5 heteroatoms. The van der Waals surface area contributed by atoms with Crippen molar-refractivity contribution in [1.82, 2.24) is 0 Å². The maximum atomic E-state index is 12.8. The van der Waals surface area contributed by atoms with E-state index in [-0.39, 0.29) is 5.41 Å². The Morgan fingerprint density at radius 2 is 1.18 bits per heavy atom. The average molecular weight is 521 g/mol. The van der Waals surface area contributed by atoms with Crippen LogP contribution >= 0.6 is 0 Å². The number of rotatable bonds is 7. The summed E-state index contributed by atoms with van der Waals surface area (Å²) in [6, 6.07) is 30.3. The molecule has 5 nitrogen and oxygen atoms in total. The van der Waals surface area contributed by atoms with Crippen molar-refractivity contribution in [3.8, 4) is 17.2 Å². The largest absolute Gasteiger partial charge is 0.465 e. The Labute approximate surface area is 229 Å². The zero-order chi connectivity index (χ0) is 27.4. The predicted octanol–water partition coefficient (Wildman–Crippen LogP) is 7.90. The van der Waals surface area contributed by atoms with E-state index in [0.717, 1.165) is 12.8 Å². The molecule has 0 amide bonds. The maximum absolute atomic E-state index is 12.8. The number of aryl methyl sites for hydroxylation is 1. The van der Waals surface area contributed by atoms with E-state index in [2.05, 4.69) is 50.2 Å². The predicted molar refractivity (Wildman–Crippen MR) is 151 cm³/mol. The van der Waals surface area contributed by atoms with Crippen LogP contribution in [0.5, 0.6) is 17.2 Å². The second-order valence-corrected chi connectivity index (χ2v) is 10.4. The van der Waals surface area contributed by atoms with Crippen molar-refractivity contribution >= 4 is 11.9 Å². The van der Waals surface area contributed by atoms with Gasteiger partial charge in [0.2, 0.25) is 0 Å². The van der Waals surface area contributed by atoms with E-state index in [4.69, 9.17) is 14.2 Å². The number of carbonyl (C=O) groups excluding carboxylic acids is 2. The van der Waals surface area contributed by atoms with Crippen molar-refractivity contribution in [2.75, 3.05) is 7.11 Å². The van der Waals surface area contributed by atoms with Gasteiger partial charge in [-0.2, -0.15) is 0 Å². The van der Waals surface area contributed by atoms with E-state index in [9.17, 15) is 9.59 Å². The number of hydrogen-bond donors (Lipinski definition) is 0. The van der Waals surface area contributed by atoms with E-state index in [0.29, 0.717) is 34.3 Å². The Kier molecular flexibility index (Phi) is 7.51. The summed E-state index contributed by atoms with van der Waals surface area (Å²) in [5.41, 5.74) is 4.73. The number of carbonyl (C=O) groups is 2. The highest BCUT2D eigenvalue weighted by Crippen LogP contribution is 2.49. The number of esters is 2. The van der Waals surface area contributed by atoms with Crippen molar-refractivity contribution in [3.63, 3.8) is 0 Å². The van der Waals surface area contributed by atoms with Gasteiger partial charge in [0, 0.05) is 5.41 Å². The van der Waals surface area contributed by atoms with E-state index in [1.54, 1.807) is 48.5 Å². The SMILES string of the molecule is COC(=O)c1ccc(Oc2ccc(C(=O)Oc3ccc(C4(c5ccc(C)cc5)CCC(C)C4)cc3)cc2)cc1. The molecule has 198 valence electrons. The third-order valence-corrected chi connectivity index (χ3v) is 7.58. The molecule has 2 atom stereocenters. The van der Waals surface area contributed by atoms with Crippen LogP contribution < -0.4 is 9.47 Å². The van der Waals surface area contributed by atoms with Gasteiger partial charge in [0.15, 0.2) is 0 Å². The summed E-state index contributed by atoms with van der Waals surface area (Å²) in [6.45, 7) is 4.44. The summed E-state index contributed by atoms with van der Waals surface area (Å²) in [7, 11) is 1.34. The van der Waals surface area contributed by atoms with Crippen LogP contribution in [0.25, 0.3) is 0 Å². The Hall–Kier alpha value is -4.38. The molecule has 0 radical (unpaired) electrons. The Morgan fingerprint density at radius 3 is 1.67 bits per heavy atom. The lowest BCUT2D eigenvalue weighted by Crippen LogP contribution is -2.24. The topological polar surface area (TPSA) is 61.8 Å². The summed E-state index contributed by atoms with van der Waals surface area (Å²) in [5.74, 6) is 1.47. The lowest BCUT2D eigenvalue weighted by molar-refractivity contribution is 0.0600. The summed E-state index contributed by atoms with van der Waals surface area (Å²) in [4.78, 5) is 24.4. The fourth-order valence-electron chi connectivity index (χ4n) is 5.44. The normalized spacial score (nSPS) is 18.4. The van der Waals surface area contributed by atoms with Crippen LogP contribution in [-0.4, -0.2) is 19.0 Å². The number of hydrogen-bond acceptors (Lipinski definition) is 5. The maximum Gasteiger partial charge on any atom is 0.343 e. The molecule has 1 saturated carbocycles. The molecule has 4 aromatic rings. The van der Waals surface area contributed by atoms with E-state index in [1.165, 1.54) is 30.2 Å². The lowest BCUT2D eigenvalue weighted by Gasteiger charge is -2.31. The first kappa shape index (κ1) is 26.2. The van der Waals surface area contributed by atoms with E-state index < -0.39 is 11.9 Å². The van der Waals surface area contributed by atoms with Gasteiger partial charge in [0.05, 0.1) is 18.2 Å². The van der Waals surface area contributed by atoms with Crippen LogP contribution in [-0.2, 0) is 10.2 Å². The Morgan fingerprint density at radius 1 is 0.692 bits per heavy atom. The minimum absolute atomic E-state index is 0.00881. The van der Waals surface area contributed by atoms with Gasteiger partial charge in [-0.25, -0.2) is 9.59 Å². The molecule has 0 bridgehead atoms. The molecular formula is C34H32O5. The van der Waals surface area contributed by atoms with Crippen LogP contribution in [0.2, 0.25) is 0 Å². The second kappa shape index (κ2) is 11.2. The zero-order valence-electron chi connectivity index (χ0n) is 22.5. The minimum Gasteiger partial charge on any atom is -0.465 e. The van der Waals surface area contributed by atoms with E-state index >= 15 is 0 Å². The first-order valence-corrected chi connectivity index (χ1v) is 13.2. The fourth-order valence-corrected chi connectivity index (χ4v) is 5.44. The molecule has 2 unspecified atom stereocenters. The molecule has 0 aliphatic heterocycles. The van der Waals surface area contributed by atoms with Crippen molar-refractivity contribution in [3.05, 3.63) is 125 Å². The van der Waals surface area contributed by atoms with Gasteiger partial charge in [-0.1, -0.05) is 48.9 Å². The highest BCUT2D eigenvalue weighted by molar-refractivity contribution is 5.91. The summed E-state index contributed by atoms with van der Waals surface area (Å²) < 4.78 is 16.2. The second-order valence-electron chi connectivity index (χ2n) is 10.4. The average Bonchev–Trinajstić information content (AvgIpc) is 3.36. The number of ether oxygens (including phenoxy) is 3. The van der Waals surface area contributed by atoms with E-state index in [1.807, 2.05) is 12.1 Å². The monoisotopic (exact) mass is 520 g/mol. The molecule has 1 fully saturated rings. The highest BCUT2D eigenvalue weighted by atomic mass is 16.5. The summed E-state index contributed by atoms with van der Waals surface area (Å²) in [6.07, 6.45) is 3.42. The van der Waals surface area contributed by atoms with Gasteiger partial charge < -0.3 is 14.2 Å². The van der Waals surface area contributed by atoms with Gasteiger partial charge in [-0.15, -0.1) is 0 Å². The molecule has 0 aromatic heterocycles. The standard InChI is InChI=1S/C34H32O5/c1-23-4-10-27(11-5-23)34(21-20-24(2)22-34)28-12-18-31(19-13-28)39-33(36)26-8-16-30(17-9-26)38-29-14-6-25(7-15-29)32(35)37-3/h4-19,24H,20-22H2,1-3H3. The molecule has 0 heterocycles. The molecule has 1 aliphatic rings. The number of benzene rings is 4. The lowest BCUT2D eigenvalue weighted by atomic mass is 9.72. The molecule has 0 N–H and O–H groups in total. The molecule has 1 aliphatic carbocycles. The molecular weight excluding hydrogens is 488 g/mol. The molecule has 0 spiro atoms. The zero-order valence-corrected chi connectivity index (χ0v) is 22.5. The molecule has 5 rings (SSSR count). The first-order valence-electron chi connectivity index (χ1n) is 13.2. The highest BCUT2D eigenvalue weighted by Gasteiger charge is 2.40. The molecule has 4 aromatic carbocycles. The van der Waals surface area contributed by atoms with Gasteiger partial charge >= 0.3 is 11.9 Å². The Bertz CT molecular complexity index is 1440. The van der Waals surface area contributed by atoms with Crippen molar-refractivity contribution in [2.24, 2.45) is 5.92 Å². The third-order valence-electron chi connectivity index (χ3n) is 7.58.